The van der Waals surface area contributed by atoms with Gasteiger partial charge in [-0.1, -0.05) is 12.2 Å². The third-order valence-corrected chi connectivity index (χ3v) is 21.1. The molecule has 22 aliphatic heterocycles. The summed E-state index contributed by atoms with van der Waals surface area (Å²) in [5.41, 5.74) is 0.433. The first-order valence-electron chi connectivity index (χ1n) is 36.0. The van der Waals surface area contributed by atoms with Crippen molar-refractivity contribution in [3.8, 4) is 0 Å². The molecule has 37 nitrogen and oxygen atoms in total. The Morgan fingerprint density at radius 3 is 0.692 bits per heavy atom. The number of carbonyl (C=O) groups is 1. The van der Waals surface area contributed by atoms with Crippen LogP contribution in [0.1, 0.15) is 13.3 Å². The highest BCUT2D eigenvalue weighted by Gasteiger charge is 2.62. The number of methoxy groups -OCH3 is 20. The van der Waals surface area contributed by atoms with Gasteiger partial charge in [0.15, 0.2) is 44.0 Å². The van der Waals surface area contributed by atoms with Gasteiger partial charge in [0, 0.05) is 161 Å². The fourth-order valence-corrected chi connectivity index (χ4v) is 16.1. The van der Waals surface area contributed by atoms with Crippen molar-refractivity contribution in [2.45, 2.75) is 228 Å². The first-order valence-corrected chi connectivity index (χ1v) is 36.0. The number of likely N-dealkylation sites (N-methyl/N-ethyl adjacent to an activating group) is 1. The molecule has 620 valence electrons. The number of nitrogens with one attached hydrogen (secondary N) is 1. The van der Waals surface area contributed by atoms with E-state index in [1.54, 1.807) is 0 Å². The zero-order chi connectivity index (χ0) is 77.2. The minimum Gasteiger partial charge on any atom is -0.382 e. The molecule has 0 aromatic carbocycles. The van der Waals surface area contributed by atoms with Crippen LogP contribution in [-0.4, -0.2) is 421 Å². The van der Waals surface area contributed by atoms with Gasteiger partial charge in [0.25, 0.3) is 5.91 Å². The summed E-state index contributed by atoms with van der Waals surface area (Å²) in [7, 11) is 30.0. The van der Waals surface area contributed by atoms with Crippen LogP contribution in [0, 0.1) is 0 Å². The number of hydrogen-bond donors (Lipinski definition) is 1. The second-order valence-electron chi connectivity index (χ2n) is 26.7. The minimum atomic E-state index is -1.34. The lowest BCUT2D eigenvalue weighted by atomic mass is 9.94. The summed E-state index contributed by atoms with van der Waals surface area (Å²) in [5, 5.41) is 3.10. The molecule has 1 N–H and O–H groups in total. The van der Waals surface area contributed by atoms with Gasteiger partial charge in [0.1, 0.15) is 177 Å². The van der Waals surface area contributed by atoms with Crippen LogP contribution in [0.3, 0.4) is 0 Å². The highest BCUT2D eigenvalue weighted by Crippen LogP contribution is 2.43. The maximum absolute atomic E-state index is 14.4. The number of allylic oxidation sites excluding steroid dienone is 2. The standard InChI is InChI=1S/C70H120N2O35/c1-22-72-26-24-23-25-34(72)63(73)71-27-35-42-49(80-8)56(87-15)64(94-35)102-43-36(28-74-2)96-66(58(89-17)50(43)81-9)104-45-38(30-76-4)98-68(60(91-19)52(45)83-11)106-47-40(32-78-6)100-70(62(93-21)54(47)85-13)107-48-41(33-79-7)99-69(61(92-20)55(48)86-14)105-46-39(31-77-5)97-67(59(90-18)53(46)84-12)103-44-37(29-75-3)95-65(101-42)57(88-16)51(44)82-10/h24-26,35-62,64-70H,22-23,27-33H2,1-21H3,(H,71,73)/t35-,36-,37-,38-,39-,40-,41-,42+,43+,44+,45+,46+,47+,48+,49-,50-,51-,52-,53-,54-,55-,56-,57?,58-,59-,60-,61-,62-,64-,65-,66-,67-,68-,69-,70-/m1/s1. The fourth-order valence-electron chi connectivity index (χ4n) is 16.1. The molecular weight excluding hydrogens is 1430 g/mol. The average Bonchev–Trinajstić information content (AvgIpc) is 0.782. The summed E-state index contributed by atoms with van der Waals surface area (Å²) in [5.74, 6) is -0.388. The van der Waals surface area contributed by atoms with Crippen molar-refractivity contribution in [2.24, 2.45) is 0 Å². The summed E-state index contributed by atoms with van der Waals surface area (Å²) < 4.78 is 222. The molecule has 21 saturated heterocycles. The van der Waals surface area contributed by atoms with Crippen LogP contribution in [0.25, 0.3) is 0 Å². The number of nitrogens with zero attached hydrogens (tertiary/aromatic N) is 1. The van der Waals surface area contributed by atoms with Crippen molar-refractivity contribution in [2.75, 3.05) is 195 Å². The van der Waals surface area contributed by atoms with Crippen LogP contribution in [0.15, 0.2) is 24.0 Å². The average molecular weight is 1550 g/mol. The van der Waals surface area contributed by atoms with E-state index in [-0.39, 0.29) is 52.1 Å². The topological polar surface area (TPSA) is 346 Å². The van der Waals surface area contributed by atoms with E-state index < -0.39 is 215 Å². The lowest BCUT2D eigenvalue weighted by Gasteiger charge is -2.52. The largest absolute Gasteiger partial charge is 0.382 e. The van der Waals surface area contributed by atoms with Crippen LogP contribution < -0.4 is 5.32 Å². The van der Waals surface area contributed by atoms with Gasteiger partial charge in [-0.3, -0.25) is 4.79 Å². The molecule has 35 atom stereocenters. The van der Waals surface area contributed by atoms with Crippen LogP contribution >= 0.6 is 0 Å². The summed E-state index contributed by atoms with van der Waals surface area (Å²) in [4.78, 5) is 16.3. The Hall–Kier alpha value is -2.61. The predicted octanol–water partition coefficient (Wildman–Crippen LogP) is -0.902. The molecule has 0 radical (unpaired) electrons. The first kappa shape index (κ1) is 88.3. The van der Waals surface area contributed by atoms with E-state index in [0.717, 1.165) is 0 Å². The second kappa shape index (κ2) is 43.2. The van der Waals surface area contributed by atoms with Gasteiger partial charge in [-0.15, -0.1) is 0 Å². The quantitative estimate of drug-likeness (QED) is 0.0910. The first-order chi connectivity index (χ1) is 52.1. The SMILES string of the molecule is CCN1C=CCC=C1C(=O)NC[C@H]1O[C@@H]2O[C@@H]3[C@@H](OC)[C@@H](OC)[C@@H](O[C@@H]4[C@@H](OC)[C@@H](OC)[C@@H](O[C@@H]5[C@@H](OC)[C@@H](OC)[C@@H](O[C@@H]6[C@@H](OC)[C@@H](OC)[C@@H](O[C@@H]7[C@@H](OC)[C@@H](OC)[C@@H](O[C@H]8[C@@H](COC)O[C@H](O[C@@H]1[C@@H](OC)[C@H]2OC)C(OC)[C@@H]8OC)O[C@@H]7COC)O[C@@H]6COC)O[C@@H]5COC)O[C@@H]4COC)O[C@@H]3COC. The zero-order valence-corrected chi connectivity index (χ0v) is 65.5. The van der Waals surface area contributed by atoms with Crippen molar-refractivity contribution in [3.05, 3.63) is 24.0 Å². The maximum atomic E-state index is 14.4. The van der Waals surface area contributed by atoms with E-state index in [4.69, 9.17) is 161 Å². The molecule has 1 amide bonds. The lowest BCUT2D eigenvalue weighted by molar-refractivity contribution is -0.402. The van der Waals surface area contributed by atoms with E-state index in [0.29, 0.717) is 18.7 Å². The number of amides is 1. The second-order valence-corrected chi connectivity index (χ2v) is 26.7. The Morgan fingerprint density at radius 2 is 0.505 bits per heavy atom. The van der Waals surface area contributed by atoms with Crippen molar-refractivity contribution < 1.29 is 166 Å². The van der Waals surface area contributed by atoms with Crippen molar-refractivity contribution in [1.29, 1.82) is 0 Å². The molecule has 0 aromatic rings. The van der Waals surface area contributed by atoms with Gasteiger partial charge in [-0.05, 0) is 13.3 Å². The monoisotopic (exact) mass is 1550 g/mol. The van der Waals surface area contributed by atoms with E-state index in [2.05, 4.69) is 5.32 Å². The third kappa shape index (κ3) is 19.5. The highest BCUT2D eigenvalue weighted by atomic mass is 16.8. The molecule has 1 unspecified atom stereocenters. The Morgan fingerprint density at radius 1 is 0.308 bits per heavy atom. The molecule has 0 spiro atoms. The molecule has 0 aromatic heterocycles. The Balaban J connectivity index is 1.16. The lowest BCUT2D eigenvalue weighted by Crippen LogP contribution is -2.69. The van der Waals surface area contributed by atoms with E-state index in [1.807, 2.05) is 30.2 Å². The summed E-state index contributed by atoms with van der Waals surface area (Å²) in [6.45, 7) is 1.89. The molecule has 37 heteroatoms. The number of rotatable bonds is 30. The Kier molecular flexibility index (Phi) is 35.7. The summed E-state index contributed by atoms with van der Waals surface area (Å²) >= 11 is 0. The maximum Gasteiger partial charge on any atom is 0.267 e. The molecule has 0 aliphatic carbocycles. The summed E-state index contributed by atoms with van der Waals surface area (Å²) in [6, 6.07) is 0. The van der Waals surface area contributed by atoms with Gasteiger partial charge in [-0.2, -0.15) is 0 Å². The number of carbonyl (C=O) groups excluding carboxylic acids is 1. The van der Waals surface area contributed by atoms with Gasteiger partial charge in [0.05, 0.1) is 39.6 Å². The van der Waals surface area contributed by atoms with E-state index in [1.165, 1.54) is 142 Å². The van der Waals surface area contributed by atoms with Gasteiger partial charge >= 0.3 is 0 Å². The summed E-state index contributed by atoms with van der Waals surface area (Å²) in [6.07, 6.45) is -31.6. The molecule has 21 fully saturated rings. The molecule has 0 saturated carbocycles. The predicted molar refractivity (Wildman–Crippen MR) is 364 cm³/mol. The highest BCUT2D eigenvalue weighted by molar-refractivity contribution is 5.93. The Labute approximate surface area is 627 Å². The molecule has 14 bridgehead atoms. The smallest absolute Gasteiger partial charge is 0.267 e. The third-order valence-electron chi connectivity index (χ3n) is 21.1. The van der Waals surface area contributed by atoms with Crippen molar-refractivity contribution >= 4 is 5.91 Å². The molecule has 107 heavy (non-hydrogen) atoms. The van der Waals surface area contributed by atoms with Gasteiger partial charge < -0.3 is 171 Å². The van der Waals surface area contributed by atoms with Crippen LogP contribution in [0.4, 0.5) is 0 Å². The number of hydrogen-bond acceptors (Lipinski definition) is 36. The fraction of sp³-hybridized carbons (Fsp3) is 0.929. The molecule has 22 heterocycles. The van der Waals surface area contributed by atoms with Crippen LogP contribution in [0.5, 0.6) is 0 Å². The van der Waals surface area contributed by atoms with Crippen molar-refractivity contribution in [3.63, 3.8) is 0 Å². The number of ether oxygens (including phenoxy) is 34. The van der Waals surface area contributed by atoms with Gasteiger partial charge in [0.2, 0.25) is 0 Å². The molecule has 22 rings (SSSR count). The zero-order valence-electron chi connectivity index (χ0n) is 65.5. The molecular formula is C70H120N2O35. The van der Waals surface area contributed by atoms with E-state index in [9.17, 15) is 4.79 Å². The van der Waals surface area contributed by atoms with Gasteiger partial charge in [-0.25, -0.2) is 0 Å². The van der Waals surface area contributed by atoms with Crippen LogP contribution in [-0.2, 0) is 166 Å². The van der Waals surface area contributed by atoms with Crippen molar-refractivity contribution in [1.82, 2.24) is 10.2 Å². The minimum absolute atomic E-state index is 0.0521. The van der Waals surface area contributed by atoms with E-state index >= 15 is 0 Å². The van der Waals surface area contributed by atoms with Crippen LogP contribution in [0.2, 0.25) is 0 Å². The Bertz CT molecular complexity index is 2620. The molecule has 22 aliphatic rings. The normalized spacial score (nSPS) is 43.8.